The van der Waals surface area contributed by atoms with Gasteiger partial charge in [0.1, 0.15) is 0 Å². The Kier molecular flexibility index (Phi) is 4.51. The SMILES string of the molecule is Cc1cc(C)n(C[C@@H](C)CNC(=O)c2ccc3c(c2)CCC3)n1. The van der Waals surface area contributed by atoms with Crippen LogP contribution < -0.4 is 5.32 Å². The van der Waals surface area contributed by atoms with Gasteiger partial charge in [-0.25, -0.2) is 0 Å². The van der Waals surface area contributed by atoms with E-state index in [0.717, 1.165) is 30.6 Å². The van der Waals surface area contributed by atoms with E-state index in [-0.39, 0.29) is 5.91 Å². The molecule has 0 saturated carbocycles. The van der Waals surface area contributed by atoms with Crippen LogP contribution in [0.5, 0.6) is 0 Å². The lowest BCUT2D eigenvalue weighted by molar-refractivity contribution is 0.0946. The van der Waals surface area contributed by atoms with E-state index in [2.05, 4.69) is 42.5 Å². The smallest absolute Gasteiger partial charge is 0.251 e. The van der Waals surface area contributed by atoms with Crippen molar-refractivity contribution in [3.8, 4) is 0 Å². The van der Waals surface area contributed by atoms with Gasteiger partial charge in [-0.05, 0) is 68.4 Å². The van der Waals surface area contributed by atoms with E-state index in [1.165, 1.54) is 23.2 Å². The number of aromatic nitrogens is 2. The highest BCUT2D eigenvalue weighted by atomic mass is 16.1. The number of benzene rings is 1. The minimum absolute atomic E-state index is 0.0277. The Hall–Kier alpha value is -2.10. The molecule has 0 radical (unpaired) electrons. The predicted octanol–water partition coefficient (Wildman–Crippen LogP) is 3.05. The number of nitrogens with one attached hydrogen (secondary N) is 1. The molecule has 0 spiro atoms. The van der Waals surface area contributed by atoms with Crippen molar-refractivity contribution in [2.24, 2.45) is 5.92 Å². The minimum atomic E-state index is 0.0277. The van der Waals surface area contributed by atoms with Crippen molar-refractivity contribution in [2.75, 3.05) is 6.54 Å². The Morgan fingerprint density at radius 1 is 1.26 bits per heavy atom. The van der Waals surface area contributed by atoms with Gasteiger partial charge >= 0.3 is 0 Å². The summed E-state index contributed by atoms with van der Waals surface area (Å²) in [7, 11) is 0. The van der Waals surface area contributed by atoms with Gasteiger partial charge < -0.3 is 5.32 Å². The Morgan fingerprint density at radius 2 is 2.04 bits per heavy atom. The summed E-state index contributed by atoms with van der Waals surface area (Å²) in [6.07, 6.45) is 3.46. The Bertz CT molecular complexity index is 717. The highest BCUT2D eigenvalue weighted by molar-refractivity contribution is 5.94. The van der Waals surface area contributed by atoms with Crippen LogP contribution in [0.25, 0.3) is 0 Å². The van der Waals surface area contributed by atoms with Crippen LogP contribution in [0.2, 0.25) is 0 Å². The summed E-state index contributed by atoms with van der Waals surface area (Å²) in [4.78, 5) is 12.3. The predicted molar refractivity (Wildman–Crippen MR) is 91.7 cm³/mol. The number of hydrogen-bond donors (Lipinski definition) is 1. The number of fused-ring (bicyclic) bond motifs is 1. The number of rotatable bonds is 5. The van der Waals surface area contributed by atoms with Gasteiger partial charge in [0.25, 0.3) is 5.91 Å². The summed E-state index contributed by atoms with van der Waals surface area (Å²) in [5, 5.41) is 7.54. The van der Waals surface area contributed by atoms with E-state index in [4.69, 9.17) is 0 Å². The summed E-state index contributed by atoms with van der Waals surface area (Å²) in [6, 6.07) is 8.20. The first kappa shape index (κ1) is 15.8. The summed E-state index contributed by atoms with van der Waals surface area (Å²) < 4.78 is 2.02. The molecule has 4 heteroatoms. The molecule has 1 N–H and O–H groups in total. The van der Waals surface area contributed by atoms with E-state index in [1.807, 2.05) is 17.7 Å². The monoisotopic (exact) mass is 311 g/mol. The van der Waals surface area contributed by atoms with Crippen molar-refractivity contribution in [1.82, 2.24) is 15.1 Å². The fourth-order valence-corrected chi connectivity index (χ4v) is 3.30. The van der Waals surface area contributed by atoms with Gasteiger partial charge in [-0.3, -0.25) is 9.48 Å². The lowest BCUT2D eigenvalue weighted by atomic mass is 10.1. The molecule has 122 valence electrons. The van der Waals surface area contributed by atoms with E-state index in [0.29, 0.717) is 12.5 Å². The number of hydrogen-bond acceptors (Lipinski definition) is 2. The summed E-state index contributed by atoms with van der Waals surface area (Å²) >= 11 is 0. The van der Waals surface area contributed by atoms with Crippen LogP contribution in [0, 0.1) is 19.8 Å². The van der Waals surface area contributed by atoms with Gasteiger partial charge in [-0.1, -0.05) is 13.0 Å². The van der Waals surface area contributed by atoms with Gasteiger partial charge in [0.05, 0.1) is 5.69 Å². The molecule has 0 bridgehead atoms. The molecule has 1 aromatic carbocycles. The molecule has 0 saturated heterocycles. The van der Waals surface area contributed by atoms with Crippen molar-refractivity contribution in [3.63, 3.8) is 0 Å². The average Bonchev–Trinajstić information content (AvgIpc) is 3.10. The number of carbonyl (C=O) groups excluding carboxylic acids is 1. The zero-order valence-corrected chi connectivity index (χ0v) is 14.2. The van der Waals surface area contributed by atoms with Crippen LogP contribution in [-0.4, -0.2) is 22.2 Å². The molecule has 0 aliphatic heterocycles. The second kappa shape index (κ2) is 6.57. The Morgan fingerprint density at radius 3 is 2.78 bits per heavy atom. The second-order valence-corrected chi connectivity index (χ2v) is 6.76. The average molecular weight is 311 g/mol. The second-order valence-electron chi connectivity index (χ2n) is 6.76. The van der Waals surface area contributed by atoms with Crippen molar-refractivity contribution >= 4 is 5.91 Å². The lowest BCUT2D eigenvalue weighted by Crippen LogP contribution is -2.30. The zero-order valence-electron chi connectivity index (χ0n) is 14.2. The van der Waals surface area contributed by atoms with Crippen molar-refractivity contribution in [3.05, 3.63) is 52.3 Å². The zero-order chi connectivity index (χ0) is 16.4. The molecule has 1 aromatic heterocycles. The largest absolute Gasteiger partial charge is 0.352 e. The van der Waals surface area contributed by atoms with Gasteiger partial charge in [0, 0.05) is 24.3 Å². The number of carbonyl (C=O) groups is 1. The molecule has 1 aliphatic carbocycles. The maximum Gasteiger partial charge on any atom is 0.251 e. The summed E-state index contributed by atoms with van der Waals surface area (Å²) in [5.41, 5.74) is 5.73. The molecule has 1 amide bonds. The molecule has 1 atom stereocenters. The first-order chi connectivity index (χ1) is 11.0. The first-order valence-electron chi connectivity index (χ1n) is 8.44. The molecule has 3 rings (SSSR count). The molecule has 2 aromatic rings. The van der Waals surface area contributed by atoms with Crippen LogP contribution >= 0.6 is 0 Å². The molecule has 0 unspecified atom stereocenters. The normalized spacial score (nSPS) is 14.6. The number of amides is 1. The van der Waals surface area contributed by atoms with Gasteiger partial charge in [-0.2, -0.15) is 5.10 Å². The van der Waals surface area contributed by atoms with E-state index < -0.39 is 0 Å². The van der Waals surface area contributed by atoms with Crippen LogP contribution in [0.3, 0.4) is 0 Å². The van der Waals surface area contributed by atoms with Crippen LogP contribution in [0.15, 0.2) is 24.3 Å². The van der Waals surface area contributed by atoms with Crippen molar-refractivity contribution in [1.29, 1.82) is 0 Å². The van der Waals surface area contributed by atoms with Crippen LogP contribution in [0.4, 0.5) is 0 Å². The Labute approximate surface area is 137 Å². The molecule has 4 nitrogen and oxygen atoms in total. The lowest BCUT2D eigenvalue weighted by Gasteiger charge is -2.14. The molecule has 23 heavy (non-hydrogen) atoms. The quantitative estimate of drug-likeness (QED) is 0.922. The third-order valence-electron chi connectivity index (χ3n) is 4.56. The summed E-state index contributed by atoms with van der Waals surface area (Å²) in [5.74, 6) is 0.367. The number of aryl methyl sites for hydroxylation is 4. The highest BCUT2D eigenvalue weighted by Crippen LogP contribution is 2.22. The maximum absolute atomic E-state index is 12.3. The molecular weight excluding hydrogens is 286 g/mol. The van der Waals surface area contributed by atoms with E-state index in [9.17, 15) is 4.79 Å². The molecular formula is C19H25N3O. The van der Waals surface area contributed by atoms with Crippen LogP contribution in [-0.2, 0) is 19.4 Å². The Balaban J connectivity index is 1.55. The summed E-state index contributed by atoms with van der Waals surface area (Å²) in [6.45, 7) is 7.69. The maximum atomic E-state index is 12.3. The third-order valence-corrected chi connectivity index (χ3v) is 4.56. The van der Waals surface area contributed by atoms with E-state index >= 15 is 0 Å². The molecule has 0 fully saturated rings. The van der Waals surface area contributed by atoms with Crippen LogP contribution in [0.1, 0.15) is 46.2 Å². The standard InChI is InChI=1S/C19H25N3O/c1-13(12-22-15(3)9-14(2)21-22)11-20-19(23)18-8-7-16-5-4-6-17(16)10-18/h7-10,13H,4-6,11-12H2,1-3H3,(H,20,23)/t13-/m0/s1. The molecule has 1 heterocycles. The van der Waals surface area contributed by atoms with E-state index in [1.54, 1.807) is 0 Å². The highest BCUT2D eigenvalue weighted by Gasteiger charge is 2.14. The number of nitrogens with zero attached hydrogens (tertiary/aromatic N) is 2. The fraction of sp³-hybridized carbons (Fsp3) is 0.474. The van der Waals surface area contributed by atoms with Crippen molar-refractivity contribution in [2.45, 2.75) is 46.6 Å². The van der Waals surface area contributed by atoms with Gasteiger partial charge in [0.2, 0.25) is 0 Å². The fourth-order valence-electron chi connectivity index (χ4n) is 3.30. The topological polar surface area (TPSA) is 46.9 Å². The third kappa shape index (κ3) is 3.63. The van der Waals surface area contributed by atoms with Crippen molar-refractivity contribution < 1.29 is 4.79 Å². The van der Waals surface area contributed by atoms with Gasteiger partial charge in [-0.15, -0.1) is 0 Å². The molecule has 1 aliphatic rings. The van der Waals surface area contributed by atoms with Gasteiger partial charge in [0.15, 0.2) is 0 Å². The first-order valence-corrected chi connectivity index (χ1v) is 8.44. The minimum Gasteiger partial charge on any atom is -0.352 e.